The number of carbonyl (C=O) groups is 1. The maximum absolute atomic E-state index is 11.9. The third-order valence-electron chi connectivity index (χ3n) is 3.11. The van der Waals surface area contributed by atoms with E-state index in [9.17, 15) is 4.79 Å². The fourth-order valence-corrected chi connectivity index (χ4v) is 2.12. The maximum atomic E-state index is 11.9. The van der Waals surface area contributed by atoms with E-state index in [4.69, 9.17) is 4.74 Å². The van der Waals surface area contributed by atoms with E-state index in [1.54, 1.807) is 0 Å². The van der Waals surface area contributed by atoms with Crippen molar-refractivity contribution < 1.29 is 9.53 Å². The molecule has 0 aliphatic carbocycles. The van der Waals surface area contributed by atoms with Gasteiger partial charge < -0.3 is 20.4 Å². The molecule has 0 radical (unpaired) electrons. The minimum absolute atomic E-state index is 0. The molecule has 1 amide bonds. The number of benzene rings is 1. The number of aromatic nitrogens is 2. The van der Waals surface area contributed by atoms with Crippen LogP contribution in [0, 0.1) is 0 Å². The van der Waals surface area contributed by atoms with Gasteiger partial charge in [0.2, 0.25) is 5.91 Å². The van der Waals surface area contributed by atoms with Gasteiger partial charge in [0, 0.05) is 6.54 Å². The van der Waals surface area contributed by atoms with Gasteiger partial charge in [-0.2, -0.15) is 0 Å². The molecule has 1 saturated heterocycles. The van der Waals surface area contributed by atoms with Crippen molar-refractivity contribution in [1.82, 2.24) is 20.6 Å². The molecular weight excluding hydrogens is 315 g/mol. The summed E-state index contributed by atoms with van der Waals surface area (Å²) < 4.78 is 5.26. The fraction of sp³-hybridized carbons (Fsp3) is 0.385. The van der Waals surface area contributed by atoms with Crippen molar-refractivity contribution in [3.63, 3.8) is 0 Å². The molecule has 8 heteroatoms. The number of halogens is 2. The highest BCUT2D eigenvalue weighted by atomic mass is 35.5. The van der Waals surface area contributed by atoms with E-state index in [0.717, 1.165) is 16.9 Å². The second-order valence-corrected chi connectivity index (χ2v) is 4.50. The Morgan fingerprint density at radius 1 is 1.38 bits per heavy atom. The summed E-state index contributed by atoms with van der Waals surface area (Å²) in [5.41, 5.74) is 1.89. The Hall–Kier alpha value is -1.34. The van der Waals surface area contributed by atoms with Gasteiger partial charge in [0.1, 0.15) is 11.9 Å². The maximum Gasteiger partial charge on any atom is 0.239 e. The molecule has 116 valence electrons. The number of ether oxygens (including phenoxy) is 1. The molecule has 1 unspecified atom stereocenters. The fourth-order valence-electron chi connectivity index (χ4n) is 2.12. The summed E-state index contributed by atoms with van der Waals surface area (Å²) in [4.78, 5) is 19.5. The lowest BCUT2D eigenvalue weighted by Crippen LogP contribution is -2.51. The lowest BCUT2D eigenvalue weighted by molar-refractivity contribution is -0.126. The van der Waals surface area contributed by atoms with Gasteiger partial charge in [0.15, 0.2) is 0 Å². The molecule has 1 aromatic carbocycles. The predicted molar refractivity (Wildman–Crippen MR) is 85.0 cm³/mol. The van der Waals surface area contributed by atoms with Crippen molar-refractivity contribution in [1.29, 1.82) is 0 Å². The van der Waals surface area contributed by atoms with Crippen LogP contribution in [-0.4, -0.2) is 41.7 Å². The van der Waals surface area contributed by atoms with Crippen LogP contribution in [0.25, 0.3) is 11.0 Å². The van der Waals surface area contributed by atoms with E-state index >= 15 is 0 Å². The number of para-hydroxylation sites is 2. The van der Waals surface area contributed by atoms with E-state index in [1.807, 2.05) is 24.3 Å². The number of fused-ring (bicyclic) bond motifs is 1. The lowest BCUT2D eigenvalue weighted by Gasteiger charge is -2.22. The first-order valence-electron chi connectivity index (χ1n) is 6.35. The largest absolute Gasteiger partial charge is 0.378 e. The van der Waals surface area contributed by atoms with E-state index < -0.39 is 0 Å². The van der Waals surface area contributed by atoms with Gasteiger partial charge in [0.25, 0.3) is 0 Å². The third kappa shape index (κ3) is 4.31. The number of imidazole rings is 1. The predicted octanol–water partition coefficient (Wildman–Crippen LogP) is 1.01. The van der Waals surface area contributed by atoms with Crippen molar-refractivity contribution in [2.45, 2.75) is 12.6 Å². The van der Waals surface area contributed by atoms with Crippen molar-refractivity contribution in [3.8, 4) is 0 Å². The van der Waals surface area contributed by atoms with Gasteiger partial charge in [-0.25, -0.2) is 4.98 Å². The molecule has 6 nitrogen and oxygen atoms in total. The number of nitrogens with one attached hydrogen (secondary N) is 3. The molecule has 3 rings (SSSR count). The second-order valence-electron chi connectivity index (χ2n) is 4.50. The molecule has 1 aliphatic rings. The highest BCUT2D eigenvalue weighted by Gasteiger charge is 2.20. The Bertz CT molecular complexity index is 551. The Morgan fingerprint density at radius 3 is 2.90 bits per heavy atom. The number of carbonyl (C=O) groups excluding carboxylic acids is 1. The molecule has 21 heavy (non-hydrogen) atoms. The van der Waals surface area contributed by atoms with Gasteiger partial charge in [-0.05, 0) is 12.1 Å². The summed E-state index contributed by atoms with van der Waals surface area (Å²) in [6.45, 7) is 2.19. The zero-order chi connectivity index (χ0) is 13.1. The molecule has 2 heterocycles. The first-order valence-corrected chi connectivity index (χ1v) is 6.35. The molecule has 0 spiro atoms. The summed E-state index contributed by atoms with van der Waals surface area (Å²) in [6, 6.07) is 7.52. The van der Waals surface area contributed by atoms with E-state index in [-0.39, 0.29) is 36.8 Å². The summed E-state index contributed by atoms with van der Waals surface area (Å²) >= 11 is 0. The standard InChI is InChI=1S/C13H16N4O2.2ClH/c18-13(11-8-19-6-5-14-11)15-7-12-16-9-3-1-2-4-10(9)17-12;;/h1-4,11,14H,5-8H2,(H,15,18)(H,16,17);2*1H. The average molecular weight is 333 g/mol. The summed E-state index contributed by atoms with van der Waals surface area (Å²) in [5, 5.41) is 5.97. The molecule has 2 aromatic rings. The van der Waals surface area contributed by atoms with Gasteiger partial charge in [-0.3, -0.25) is 4.79 Å². The normalized spacial score (nSPS) is 17.6. The molecule has 3 N–H and O–H groups in total. The number of amides is 1. The molecular formula is C13H18Cl2N4O2. The third-order valence-corrected chi connectivity index (χ3v) is 3.11. The number of rotatable bonds is 3. The first kappa shape index (κ1) is 17.7. The van der Waals surface area contributed by atoms with Crippen molar-refractivity contribution >= 4 is 41.8 Å². The van der Waals surface area contributed by atoms with E-state index in [0.29, 0.717) is 26.3 Å². The van der Waals surface area contributed by atoms with Crippen LogP contribution in [-0.2, 0) is 16.1 Å². The summed E-state index contributed by atoms with van der Waals surface area (Å²) in [7, 11) is 0. The van der Waals surface area contributed by atoms with Gasteiger partial charge >= 0.3 is 0 Å². The minimum atomic E-state index is -0.266. The SMILES string of the molecule is Cl.Cl.O=C(NCc1nc2ccccc2[nH]1)C1COCCN1. The minimum Gasteiger partial charge on any atom is -0.378 e. The Morgan fingerprint density at radius 2 is 2.19 bits per heavy atom. The van der Waals surface area contributed by atoms with Crippen LogP contribution in [0.5, 0.6) is 0 Å². The van der Waals surface area contributed by atoms with Crippen molar-refractivity contribution in [3.05, 3.63) is 30.1 Å². The molecule has 1 atom stereocenters. The van der Waals surface area contributed by atoms with Crippen LogP contribution in [0.3, 0.4) is 0 Å². The number of morpholine rings is 1. The number of nitrogens with zero attached hydrogens (tertiary/aromatic N) is 1. The highest BCUT2D eigenvalue weighted by molar-refractivity contribution is 5.85. The number of aromatic amines is 1. The summed E-state index contributed by atoms with van der Waals surface area (Å²) in [5.74, 6) is 0.700. The smallest absolute Gasteiger partial charge is 0.239 e. The number of hydrogen-bond acceptors (Lipinski definition) is 4. The molecule has 1 aromatic heterocycles. The lowest BCUT2D eigenvalue weighted by atomic mass is 10.2. The average Bonchev–Trinajstić information content (AvgIpc) is 2.88. The molecule has 0 bridgehead atoms. The second kappa shape index (κ2) is 8.19. The summed E-state index contributed by atoms with van der Waals surface area (Å²) in [6.07, 6.45) is 0. The van der Waals surface area contributed by atoms with Crippen LogP contribution in [0.2, 0.25) is 0 Å². The van der Waals surface area contributed by atoms with Crippen molar-refractivity contribution in [2.24, 2.45) is 0 Å². The monoisotopic (exact) mass is 332 g/mol. The molecule has 0 saturated carbocycles. The van der Waals surface area contributed by atoms with Gasteiger partial charge in [-0.1, -0.05) is 12.1 Å². The van der Waals surface area contributed by atoms with Gasteiger partial charge in [0.05, 0.1) is 30.8 Å². The first-order chi connectivity index (χ1) is 9.33. The van der Waals surface area contributed by atoms with E-state index in [1.165, 1.54) is 0 Å². The number of H-pyrrole nitrogens is 1. The van der Waals surface area contributed by atoms with Crippen LogP contribution >= 0.6 is 24.8 Å². The van der Waals surface area contributed by atoms with Crippen LogP contribution < -0.4 is 10.6 Å². The molecule has 1 fully saturated rings. The Kier molecular flexibility index (Phi) is 6.91. The Labute approximate surface area is 134 Å². The quantitative estimate of drug-likeness (QED) is 0.783. The topological polar surface area (TPSA) is 79.0 Å². The van der Waals surface area contributed by atoms with Gasteiger partial charge in [-0.15, -0.1) is 24.8 Å². The van der Waals surface area contributed by atoms with Crippen molar-refractivity contribution in [2.75, 3.05) is 19.8 Å². The van der Waals surface area contributed by atoms with E-state index in [2.05, 4.69) is 20.6 Å². The Balaban J connectivity index is 0.00000110. The number of hydrogen-bond donors (Lipinski definition) is 3. The zero-order valence-electron chi connectivity index (χ0n) is 11.3. The van der Waals surface area contributed by atoms with Crippen LogP contribution in [0.1, 0.15) is 5.82 Å². The highest BCUT2D eigenvalue weighted by Crippen LogP contribution is 2.09. The molecule has 1 aliphatic heterocycles. The van der Waals surface area contributed by atoms with Crippen LogP contribution in [0.4, 0.5) is 0 Å². The van der Waals surface area contributed by atoms with Crippen LogP contribution in [0.15, 0.2) is 24.3 Å². The zero-order valence-corrected chi connectivity index (χ0v) is 12.9.